The summed E-state index contributed by atoms with van der Waals surface area (Å²) in [6.45, 7) is 7.15. The molecular weight excluding hydrogens is 477 g/mol. The van der Waals surface area contributed by atoms with E-state index in [0.717, 1.165) is 28.4 Å². The summed E-state index contributed by atoms with van der Waals surface area (Å²) in [6.07, 6.45) is 6.69. The van der Waals surface area contributed by atoms with E-state index in [-0.39, 0.29) is 25.0 Å². The first-order chi connectivity index (χ1) is 15.0. The summed E-state index contributed by atoms with van der Waals surface area (Å²) in [5.41, 5.74) is 4.68. The number of hydrogen-bond donors (Lipinski definition) is 2. The summed E-state index contributed by atoms with van der Waals surface area (Å²) in [6, 6.07) is 16.4. The van der Waals surface area contributed by atoms with Crippen LogP contribution in [0.3, 0.4) is 0 Å². The Morgan fingerprint density at radius 2 is 1.55 bits per heavy atom. The minimum absolute atomic E-state index is 0. The molecule has 0 atom stereocenters. The van der Waals surface area contributed by atoms with E-state index < -0.39 is 10.4 Å². The molecule has 0 fully saturated rings. The molecule has 0 bridgehead atoms. The zero-order valence-electron chi connectivity index (χ0n) is 18.3. The van der Waals surface area contributed by atoms with Crippen molar-refractivity contribution in [2.75, 3.05) is 6.26 Å². The second-order valence-electron chi connectivity index (χ2n) is 7.10. The van der Waals surface area contributed by atoms with Gasteiger partial charge in [-0.25, -0.2) is 4.57 Å². The van der Waals surface area contributed by atoms with E-state index in [9.17, 15) is 0 Å². The molecule has 0 saturated heterocycles. The van der Waals surface area contributed by atoms with Crippen LogP contribution >= 0.6 is 23.4 Å². The zero-order valence-corrected chi connectivity index (χ0v) is 20.7. The van der Waals surface area contributed by atoms with Gasteiger partial charge in [0.25, 0.3) is 0 Å². The summed E-state index contributed by atoms with van der Waals surface area (Å²) in [7, 11) is -4.67. The van der Waals surface area contributed by atoms with Gasteiger partial charge in [0.1, 0.15) is 12.3 Å². The number of benzene rings is 2. The van der Waals surface area contributed by atoms with Crippen LogP contribution in [0.4, 0.5) is 0 Å². The number of aryl methyl sites for hydroxylation is 1. The van der Waals surface area contributed by atoms with Gasteiger partial charge in [0.2, 0.25) is 0 Å². The van der Waals surface area contributed by atoms with E-state index in [4.69, 9.17) is 33.9 Å². The van der Waals surface area contributed by atoms with E-state index in [1.165, 1.54) is 16.0 Å². The van der Waals surface area contributed by atoms with Crippen molar-refractivity contribution in [1.29, 1.82) is 0 Å². The van der Waals surface area contributed by atoms with E-state index in [0.29, 0.717) is 0 Å². The number of rotatable bonds is 6. The third kappa shape index (κ3) is 9.71. The summed E-state index contributed by atoms with van der Waals surface area (Å²) in [4.78, 5) is 1.24. The van der Waals surface area contributed by atoms with Crippen LogP contribution in [-0.2, 0) is 16.9 Å². The summed E-state index contributed by atoms with van der Waals surface area (Å²) < 4.78 is 39.7. The molecule has 33 heavy (non-hydrogen) atoms. The summed E-state index contributed by atoms with van der Waals surface area (Å²) in [5.74, 6) is 0.894. The fraction of sp³-hybridized carbons (Fsp3) is 0.261. The first-order valence-corrected chi connectivity index (χ1v) is 12.9. The third-order valence-electron chi connectivity index (χ3n) is 4.30. The van der Waals surface area contributed by atoms with Gasteiger partial charge in [-0.15, -0.1) is 11.8 Å². The van der Waals surface area contributed by atoms with Gasteiger partial charge in [0.05, 0.1) is 17.2 Å². The Labute approximate surface area is 217 Å². The topological polar surface area (TPSA) is 87.7 Å². The Hall–Kier alpha value is -1.50. The normalized spacial score (nSPS) is 10.8. The monoisotopic (exact) mass is 504 g/mol. The molecule has 10 heteroatoms. The number of aromatic nitrogens is 1. The van der Waals surface area contributed by atoms with Gasteiger partial charge in [-0.1, -0.05) is 35.9 Å². The van der Waals surface area contributed by atoms with Crippen molar-refractivity contribution in [2.24, 2.45) is 0 Å². The van der Waals surface area contributed by atoms with Crippen molar-refractivity contribution in [3.63, 3.8) is 0 Å². The van der Waals surface area contributed by atoms with Crippen molar-refractivity contribution >= 4 is 52.6 Å². The predicted molar refractivity (Wildman–Crippen MR) is 137 cm³/mol. The van der Waals surface area contributed by atoms with E-state index in [1.807, 2.05) is 38.1 Å². The van der Waals surface area contributed by atoms with Crippen LogP contribution in [0.25, 0.3) is 22.3 Å². The molecule has 0 saturated carbocycles. The van der Waals surface area contributed by atoms with Crippen LogP contribution in [0.15, 0.2) is 65.8 Å². The number of ether oxygens (including phenoxy) is 1. The summed E-state index contributed by atoms with van der Waals surface area (Å²) >= 11 is 8.02. The van der Waals surface area contributed by atoms with Gasteiger partial charge < -0.3 is 4.74 Å². The van der Waals surface area contributed by atoms with Gasteiger partial charge in [-0.05, 0) is 62.4 Å². The molecule has 1 heterocycles. The van der Waals surface area contributed by atoms with Crippen LogP contribution in [0, 0.1) is 0 Å². The number of halogens is 1. The zero-order chi connectivity index (χ0) is 23.9. The first kappa shape index (κ1) is 29.5. The molecule has 0 radical (unpaired) electrons. The Morgan fingerprint density at radius 1 is 1.03 bits per heavy atom. The van der Waals surface area contributed by atoms with Crippen molar-refractivity contribution in [3.8, 4) is 28.0 Å². The molecule has 2 aromatic carbocycles. The summed E-state index contributed by atoms with van der Waals surface area (Å²) in [5, 5.41) is 0.750. The molecule has 1 aromatic heterocycles. The van der Waals surface area contributed by atoms with Crippen molar-refractivity contribution in [2.45, 2.75) is 38.3 Å². The van der Waals surface area contributed by atoms with Gasteiger partial charge in [0, 0.05) is 9.92 Å². The van der Waals surface area contributed by atoms with Crippen LogP contribution < -0.4 is 9.30 Å². The molecule has 0 aliphatic heterocycles. The van der Waals surface area contributed by atoms with Crippen molar-refractivity contribution < 1.29 is 26.8 Å². The molecule has 0 aliphatic carbocycles. The molecule has 0 unspecified atom stereocenters. The fourth-order valence-corrected chi connectivity index (χ4v) is 4.08. The molecule has 3 rings (SSSR count). The number of nitrogens with zero attached hydrogens (tertiary/aromatic N) is 1. The number of pyridine rings is 1. The second kappa shape index (κ2) is 13.4. The van der Waals surface area contributed by atoms with Crippen molar-refractivity contribution in [3.05, 3.63) is 65.9 Å². The van der Waals surface area contributed by atoms with Gasteiger partial charge in [0.15, 0.2) is 12.4 Å². The minimum atomic E-state index is -4.67. The second-order valence-corrected chi connectivity index (χ2v) is 9.25. The van der Waals surface area contributed by atoms with Gasteiger partial charge >= 0.3 is 29.3 Å². The Bertz CT molecular complexity index is 1170. The van der Waals surface area contributed by atoms with Crippen LogP contribution in [0.1, 0.15) is 20.8 Å². The molecule has 0 aliphatic rings. The molecule has 174 valence electrons. The van der Waals surface area contributed by atoms with Crippen LogP contribution in [0.2, 0.25) is 5.02 Å². The molecule has 0 spiro atoms. The molecular formula is C23H28ClLiNO5S2+. The predicted octanol–water partition coefficient (Wildman–Crippen LogP) is 5.19. The van der Waals surface area contributed by atoms with E-state index in [2.05, 4.69) is 54.4 Å². The average molecular weight is 505 g/mol. The standard InChI is InChI=1S/C23H25ClNOS.Li.H2O4S.H/c1-5-25-14-21(17-8-6-10-19(24)12-17)23(27-4)22(15-25)18-9-7-11-20(13-18)26-16(2)3;;1-5(2,3)4;/h6-16H,5H2,1-4H3;;(H2,1,2,3,4);/q+1;;;. The van der Waals surface area contributed by atoms with E-state index in [1.54, 1.807) is 11.8 Å². The fourth-order valence-electron chi connectivity index (χ4n) is 3.11. The number of hydrogen-bond acceptors (Lipinski definition) is 4. The maximum atomic E-state index is 8.74. The SMILES string of the molecule is CC[n+]1cc(-c2cccc(Cl)c2)c(SC)c(-c2cccc(OC(C)C)c2)c1.O=S(=O)(O)O.[LiH]. The molecule has 6 nitrogen and oxygen atoms in total. The van der Waals surface area contributed by atoms with Gasteiger partial charge in [-0.3, -0.25) is 9.11 Å². The molecule has 2 N–H and O–H groups in total. The molecule has 0 amide bonds. The van der Waals surface area contributed by atoms with Gasteiger partial charge in [-0.2, -0.15) is 8.42 Å². The van der Waals surface area contributed by atoms with Crippen molar-refractivity contribution in [1.82, 2.24) is 0 Å². The quantitative estimate of drug-likeness (QED) is 0.208. The third-order valence-corrected chi connectivity index (χ3v) is 5.38. The Kier molecular flexibility index (Phi) is 12.0. The van der Waals surface area contributed by atoms with Crippen LogP contribution in [0.5, 0.6) is 5.75 Å². The van der Waals surface area contributed by atoms with E-state index >= 15 is 0 Å². The molecule has 3 aromatic rings. The average Bonchev–Trinajstić information content (AvgIpc) is 2.71. The Balaban J connectivity index is 0.000000821. The Morgan fingerprint density at radius 3 is 2.00 bits per heavy atom. The number of thioether (sulfide) groups is 1. The maximum absolute atomic E-state index is 8.74. The first-order valence-electron chi connectivity index (χ1n) is 9.85. The van der Waals surface area contributed by atoms with Crippen LogP contribution in [-0.4, -0.2) is 48.7 Å².